The molecule has 0 atom stereocenters. The van der Waals surface area contributed by atoms with Crippen molar-refractivity contribution < 1.29 is 42.1 Å². The van der Waals surface area contributed by atoms with Crippen molar-refractivity contribution in [3.8, 4) is 17.2 Å². The van der Waals surface area contributed by atoms with Gasteiger partial charge in [-0.3, -0.25) is 9.59 Å². The zero-order valence-electron chi connectivity index (χ0n) is 14.1. The third-order valence-electron chi connectivity index (χ3n) is 3.44. The molecule has 1 N–H and O–H groups in total. The summed E-state index contributed by atoms with van der Waals surface area (Å²) in [6.07, 6.45) is -3.18. The van der Waals surface area contributed by atoms with E-state index in [1.54, 1.807) is 12.1 Å². The van der Waals surface area contributed by atoms with Crippen LogP contribution < -0.4 is 19.5 Å². The lowest BCUT2D eigenvalue weighted by Crippen LogP contribution is -2.26. The molecule has 1 aliphatic heterocycles. The maximum atomic E-state index is 13.0. The SMILES string of the molecule is O=Cc1ccccc1OCC(=O)OCC(=O)Nc1ccc2c(c1)OC(F)(F)O2. The van der Waals surface area contributed by atoms with Gasteiger partial charge in [0.15, 0.2) is 31.0 Å². The normalized spacial score (nSPS) is 13.5. The first kappa shape index (κ1) is 19.1. The van der Waals surface area contributed by atoms with Crippen molar-refractivity contribution in [2.24, 2.45) is 0 Å². The molecular formula is C18H13F2NO7. The Kier molecular flexibility index (Phi) is 5.39. The van der Waals surface area contributed by atoms with Crippen molar-refractivity contribution in [3.05, 3.63) is 48.0 Å². The Morgan fingerprint density at radius 3 is 2.61 bits per heavy atom. The number of benzene rings is 2. The predicted molar refractivity (Wildman–Crippen MR) is 89.6 cm³/mol. The van der Waals surface area contributed by atoms with Crippen molar-refractivity contribution in [2.45, 2.75) is 6.29 Å². The van der Waals surface area contributed by atoms with Gasteiger partial charge < -0.3 is 24.3 Å². The Hall–Kier alpha value is -3.69. The second kappa shape index (κ2) is 7.91. The van der Waals surface area contributed by atoms with Crippen LogP contribution in [0.2, 0.25) is 0 Å². The molecule has 0 spiro atoms. The number of carbonyl (C=O) groups is 3. The van der Waals surface area contributed by atoms with Crippen LogP contribution in [0.15, 0.2) is 42.5 Å². The zero-order valence-corrected chi connectivity index (χ0v) is 14.1. The van der Waals surface area contributed by atoms with Crippen LogP contribution in [-0.4, -0.2) is 37.7 Å². The van der Waals surface area contributed by atoms with Gasteiger partial charge in [0.25, 0.3) is 5.91 Å². The summed E-state index contributed by atoms with van der Waals surface area (Å²) in [5, 5.41) is 2.36. The second-order valence-corrected chi connectivity index (χ2v) is 5.48. The van der Waals surface area contributed by atoms with Gasteiger partial charge in [-0.25, -0.2) is 4.79 Å². The molecule has 0 bridgehead atoms. The number of ether oxygens (including phenoxy) is 4. The van der Waals surface area contributed by atoms with Gasteiger partial charge in [-0.1, -0.05) is 12.1 Å². The highest BCUT2D eigenvalue weighted by Crippen LogP contribution is 2.42. The standard InChI is InChI=1S/C18H13F2NO7/c19-18(20)27-14-6-5-12(7-15(14)28-18)21-16(23)9-26-17(24)10-25-13-4-2-1-3-11(13)8-22/h1-8H,9-10H2,(H,21,23). The molecule has 0 aliphatic carbocycles. The molecule has 1 aliphatic rings. The lowest BCUT2D eigenvalue weighted by Gasteiger charge is -2.09. The van der Waals surface area contributed by atoms with E-state index < -0.39 is 31.4 Å². The third-order valence-corrected chi connectivity index (χ3v) is 3.44. The number of anilines is 1. The van der Waals surface area contributed by atoms with Gasteiger partial charge >= 0.3 is 12.3 Å². The number of carbonyl (C=O) groups excluding carboxylic acids is 3. The molecule has 1 heterocycles. The molecule has 2 aromatic carbocycles. The summed E-state index contributed by atoms with van der Waals surface area (Å²) in [6.45, 7) is -1.13. The monoisotopic (exact) mass is 393 g/mol. The Morgan fingerprint density at radius 2 is 1.82 bits per heavy atom. The van der Waals surface area contributed by atoms with Gasteiger partial charge in [0.2, 0.25) is 0 Å². The van der Waals surface area contributed by atoms with E-state index in [1.807, 2.05) is 0 Å². The van der Waals surface area contributed by atoms with Gasteiger partial charge in [0.1, 0.15) is 5.75 Å². The number of aldehydes is 1. The van der Waals surface area contributed by atoms with E-state index in [9.17, 15) is 23.2 Å². The van der Waals surface area contributed by atoms with Gasteiger partial charge in [-0.15, -0.1) is 8.78 Å². The minimum Gasteiger partial charge on any atom is -0.481 e. The first-order valence-corrected chi connectivity index (χ1v) is 7.89. The summed E-state index contributed by atoms with van der Waals surface area (Å²) < 4.78 is 44.4. The average Bonchev–Trinajstić information content (AvgIpc) is 2.98. The maximum Gasteiger partial charge on any atom is 0.586 e. The Balaban J connectivity index is 1.46. The molecule has 3 rings (SSSR count). The molecule has 1 amide bonds. The van der Waals surface area contributed by atoms with Crippen LogP contribution >= 0.6 is 0 Å². The van der Waals surface area contributed by atoms with Gasteiger partial charge in [0, 0.05) is 11.8 Å². The van der Waals surface area contributed by atoms with Crippen LogP contribution in [0.1, 0.15) is 10.4 Å². The molecule has 0 aromatic heterocycles. The summed E-state index contributed by atoms with van der Waals surface area (Å²) in [6, 6.07) is 9.96. The minimum atomic E-state index is -3.76. The Bertz CT molecular complexity index is 917. The smallest absolute Gasteiger partial charge is 0.481 e. The number of alkyl halides is 2. The van der Waals surface area contributed by atoms with E-state index in [-0.39, 0.29) is 28.5 Å². The number of nitrogens with one attached hydrogen (secondary N) is 1. The molecule has 10 heteroatoms. The molecule has 28 heavy (non-hydrogen) atoms. The fraction of sp³-hybridized carbons (Fsp3) is 0.167. The lowest BCUT2D eigenvalue weighted by atomic mass is 10.2. The number of hydrogen-bond donors (Lipinski definition) is 1. The Labute approximate surface area is 156 Å². The first-order chi connectivity index (χ1) is 13.4. The van der Waals surface area contributed by atoms with Crippen molar-refractivity contribution in [3.63, 3.8) is 0 Å². The van der Waals surface area contributed by atoms with Crippen LogP contribution in [0.5, 0.6) is 17.2 Å². The number of rotatable bonds is 7. The van der Waals surface area contributed by atoms with Gasteiger partial charge in [-0.05, 0) is 24.3 Å². The zero-order chi connectivity index (χ0) is 20.1. The number of esters is 1. The molecule has 2 aromatic rings. The van der Waals surface area contributed by atoms with Crippen molar-refractivity contribution in [2.75, 3.05) is 18.5 Å². The minimum absolute atomic E-state index is 0.150. The highest BCUT2D eigenvalue weighted by Gasteiger charge is 2.43. The number of amides is 1. The van der Waals surface area contributed by atoms with Crippen molar-refractivity contribution >= 4 is 23.9 Å². The van der Waals surface area contributed by atoms with Crippen molar-refractivity contribution in [1.29, 1.82) is 0 Å². The Morgan fingerprint density at radius 1 is 1.07 bits per heavy atom. The molecular weight excluding hydrogens is 380 g/mol. The maximum absolute atomic E-state index is 13.0. The van der Waals surface area contributed by atoms with Crippen LogP contribution in [0, 0.1) is 0 Å². The van der Waals surface area contributed by atoms with Gasteiger partial charge in [-0.2, -0.15) is 0 Å². The third kappa shape index (κ3) is 4.72. The quantitative estimate of drug-likeness (QED) is 0.569. The summed E-state index contributed by atoms with van der Waals surface area (Å²) in [5.74, 6) is -1.73. The summed E-state index contributed by atoms with van der Waals surface area (Å²) in [5.41, 5.74) is 0.415. The number of hydrogen-bond acceptors (Lipinski definition) is 7. The van der Waals surface area contributed by atoms with E-state index in [2.05, 4.69) is 14.8 Å². The van der Waals surface area contributed by atoms with E-state index in [4.69, 9.17) is 9.47 Å². The molecule has 0 unspecified atom stereocenters. The lowest BCUT2D eigenvalue weighted by molar-refractivity contribution is -0.286. The van der Waals surface area contributed by atoms with E-state index >= 15 is 0 Å². The topological polar surface area (TPSA) is 100 Å². The fourth-order valence-electron chi connectivity index (χ4n) is 2.26. The summed E-state index contributed by atoms with van der Waals surface area (Å²) in [7, 11) is 0. The van der Waals surface area contributed by atoms with E-state index in [0.29, 0.717) is 6.29 Å². The van der Waals surface area contributed by atoms with Crippen LogP contribution in [0.25, 0.3) is 0 Å². The van der Waals surface area contributed by atoms with Crippen LogP contribution in [0.3, 0.4) is 0 Å². The van der Waals surface area contributed by atoms with Gasteiger partial charge in [0.05, 0.1) is 5.56 Å². The van der Waals surface area contributed by atoms with E-state index in [1.165, 1.54) is 24.3 Å². The number of halogens is 2. The number of para-hydroxylation sites is 1. The largest absolute Gasteiger partial charge is 0.586 e. The second-order valence-electron chi connectivity index (χ2n) is 5.48. The molecule has 146 valence electrons. The van der Waals surface area contributed by atoms with Crippen LogP contribution in [0.4, 0.5) is 14.5 Å². The summed E-state index contributed by atoms with van der Waals surface area (Å²) >= 11 is 0. The van der Waals surface area contributed by atoms with Crippen LogP contribution in [-0.2, 0) is 14.3 Å². The first-order valence-electron chi connectivity index (χ1n) is 7.89. The van der Waals surface area contributed by atoms with E-state index in [0.717, 1.165) is 6.07 Å². The highest BCUT2D eigenvalue weighted by atomic mass is 19.3. The fourth-order valence-corrected chi connectivity index (χ4v) is 2.26. The molecule has 0 fully saturated rings. The van der Waals surface area contributed by atoms with Crippen molar-refractivity contribution in [1.82, 2.24) is 0 Å². The highest BCUT2D eigenvalue weighted by molar-refractivity contribution is 5.93. The number of fused-ring (bicyclic) bond motifs is 1. The summed E-state index contributed by atoms with van der Waals surface area (Å²) in [4.78, 5) is 34.3. The predicted octanol–water partition coefficient (Wildman–Crippen LogP) is 2.38. The molecule has 0 radical (unpaired) electrons. The molecule has 0 saturated carbocycles. The average molecular weight is 393 g/mol. The molecule has 8 nitrogen and oxygen atoms in total. The molecule has 0 saturated heterocycles.